The fourth-order valence-corrected chi connectivity index (χ4v) is 0.921. The summed E-state index contributed by atoms with van der Waals surface area (Å²) in [5.41, 5.74) is -1.18. The molecule has 1 aromatic rings. The number of rotatable bonds is 2. The molecule has 0 aliphatic rings. The summed E-state index contributed by atoms with van der Waals surface area (Å²) < 4.78 is 48.8. The van der Waals surface area contributed by atoms with Gasteiger partial charge in [0, 0.05) is 0 Å². The van der Waals surface area contributed by atoms with Gasteiger partial charge < -0.3 is 0 Å². The van der Waals surface area contributed by atoms with Crippen LogP contribution in [0.3, 0.4) is 0 Å². The molecule has 0 heterocycles. The van der Waals surface area contributed by atoms with Gasteiger partial charge in [0.2, 0.25) is 0 Å². The van der Waals surface area contributed by atoms with Crippen LogP contribution in [-0.4, -0.2) is 12.5 Å². The molecule has 5 heteroatoms. The molecule has 1 nitrogen and oxygen atoms in total. The first kappa shape index (κ1) is 11.4. The third-order valence-electron chi connectivity index (χ3n) is 1.65. The zero-order valence-electron chi connectivity index (χ0n) is 7.38. The van der Waals surface area contributed by atoms with Crippen LogP contribution >= 0.6 is 0 Å². The van der Waals surface area contributed by atoms with Crippen LogP contribution in [0.15, 0.2) is 29.8 Å². The van der Waals surface area contributed by atoms with Gasteiger partial charge in [-0.1, -0.05) is 12.1 Å². The highest BCUT2D eigenvalue weighted by Gasteiger charge is 2.33. The highest BCUT2D eigenvalue weighted by atomic mass is 19.4. The van der Waals surface area contributed by atoms with Crippen LogP contribution in [0.4, 0.5) is 17.6 Å². The van der Waals surface area contributed by atoms with E-state index in [0.717, 1.165) is 24.3 Å². The second kappa shape index (κ2) is 4.25. The number of hydrogen-bond acceptors (Lipinski definition) is 1. The van der Waals surface area contributed by atoms with Gasteiger partial charge in [-0.3, -0.25) is 4.79 Å². The van der Waals surface area contributed by atoms with Crippen molar-refractivity contribution in [2.45, 2.75) is 6.18 Å². The van der Waals surface area contributed by atoms with Crippen LogP contribution in [0.2, 0.25) is 0 Å². The number of alkyl halides is 3. The van der Waals surface area contributed by atoms with Gasteiger partial charge in [0.25, 0.3) is 0 Å². The van der Waals surface area contributed by atoms with Crippen LogP contribution in [0.1, 0.15) is 5.56 Å². The standard InChI is InChI=1S/C10H6F4O/c11-9-3-1-7(2-4-9)5-8(6-15)10(12,13)14/h1-6H/b8-5+. The Hall–Kier alpha value is -1.65. The molecule has 0 fully saturated rings. The molecule has 15 heavy (non-hydrogen) atoms. The number of aldehydes is 1. The molecule has 0 aromatic heterocycles. The molecule has 1 rings (SSSR count). The maximum atomic E-state index is 12.4. The highest BCUT2D eigenvalue weighted by molar-refractivity contribution is 5.83. The first-order valence-corrected chi connectivity index (χ1v) is 3.93. The summed E-state index contributed by atoms with van der Waals surface area (Å²) in [5.74, 6) is -0.549. The summed E-state index contributed by atoms with van der Waals surface area (Å²) in [6.45, 7) is 0. The van der Waals surface area contributed by atoms with Crippen molar-refractivity contribution in [3.05, 3.63) is 41.2 Å². The maximum absolute atomic E-state index is 12.4. The summed E-state index contributed by atoms with van der Waals surface area (Å²) in [6, 6.07) is 4.35. The molecule has 0 saturated heterocycles. The molecule has 0 aliphatic heterocycles. The molecule has 0 saturated carbocycles. The lowest BCUT2D eigenvalue weighted by molar-refractivity contribution is -0.118. The second-order valence-electron chi connectivity index (χ2n) is 2.77. The summed E-state index contributed by atoms with van der Waals surface area (Å²) >= 11 is 0. The van der Waals surface area contributed by atoms with Crippen molar-refractivity contribution in [1.29, 1.82) is 0 Å². The monoisotopic (exact) mass is 218 g/mol. The van der Waals surface area contributed by atoms with Crippen LogP contribution in [0.25, 0.3) is 6.08 Å². The molecule has 0 bridgehead atoms. The Morgan fingerprint density at radius 3 is 2.07 bits per heavy atom. The quantitative estimate of drug-likeness (QED) is 0.423. The van der Waals surface area contributed by atoms with Gasteiger partial charge in [-0.2, -0.15) is 13.2 Å². The van der Waals surface area contributed by atoms with Gasteiger partial charge in [0.15, 0.2) is 6.29 Å². The topological polar surface area (TPSA) is 17.1 Å². The van der Waals surface area contributed by atoms with Gasteiger partial charge in [-0.05, 0) is 23.8 Å². The van der Waals surface area contributed by atoms with Gasteiger partial charge in [0.1, 0.15) is 5.82 Å². The second-order valence-corrected chi connectivity index (χ2v) is 2.77. The van der Waals surface area contributed by atoms with E-state index in [1.807, 2.05) is 0 Å². The largest absolute Gasteiger partial charge is 0.419 e. The Bertz CT molecular complexity index is 375. The number of halogens is 4. The smallest absolute Gasteiger partial charge is 0.298 e. The fraction of sp³-hybridized carbons (Fsp3) is 0.100. The average Bonchev–Trinajstić information content (AvgIpc) is 2.15. The normalized spacial score (nSPS) is 12.7. The minimum Gasteiger partial charge on any atom is -0.298 e. The minimum atomic E-state index is -4.68. The minimum absolute atomic E-state index is 0.121. The van der Waals surface area contributed by atoms with Crippen molar-refractivity contribution in [1.82, 2.24) is 0 Å². The van der Waals surface area contributed by atoms with E-state index >= 15 is 0 Å². The van der Waals surface area contributed by atoms with Gasteiger partial charge in [0.05, 0.1) is 5.57 Å². The Kier molecular flexibility index (Phi) is 3.24. The van der Waals surface area contributed by atoms with E-state index in [0.29, 0.717) is 6.08 Å². The molecular formula is C10H6F4O. The first-order chi connectivity index (χ1) is 6.93. The zero-order chi connectivity index (χ0) is 11.5. The lowest BCUT2D eigenvalue weighted by atomic mass is 10.1. The Morgan fingerprint density at radius 1 is 1.13 bits per heavy atom. The van der Waals surface area contributed by atoms with Crippen molar-refractivity contribution < 1.29 is 22.4 Å². The molecule has 0 amide bonds. The number of carbonyl (C=O) groups is 1. The van der Waals surface area contributed by atoms with Crippen molar-refractivity contribution in [2.24, 2.45) is 0 Å². The lowest BCUT2D eigenvalue weighted by Gasteiger charge is -2.04. The summed E-state index contributed by atoms with van der Waals surface area (Å²) in [6.07, 6.45) is -4.30. The van der Waals surface area contributed by atoms with E-state index in [1.165, 1.54) is 0 Å². The molecule has 0 aliphatic carbocycles. The molecule has 0 radical (unpaired) electrons. The molecule has 0 spiro atoms. The maximum Gasteiger partial charge on any atom is 0.419 e. The van der Waals surface area contributed by atoms with Crippen LogP contribution in [0, 0.1) is 5.82 Å². The van der Waals surface area contributed by atoms with E-state index in [-0.39, 0.29) is 11.8 Å². The number of hydrogen-bond donors (Lipinski definition) is 0. The van der Waals surface area contributed by atoms with Crippen molar-refractivity contribution in [2.75, 3.05) is 0 Å². The Balaban J connectivity index is 3.04. The van der Waals surface area contributed by atoms with Crippen LogP contribution in [-0.2, 0) is 4.79 Å². The third kappa shape index (κ3) is 3.19. The summed E-state index contributed by atoms with van der Waals surface area (Å²) in [7, 11) is 0. The van der Waals surface area contributed by atoms with E-state index in [1.54, 1.807) is 0 Å². The Morgan fingerprint density at radius 2 is 1.67 bits per heavy atom. The van der Waals surface area contributed by atoms with Crippen molar-refractivity contribution >= 4 is 12.4 Å². The third-order valence-corrected chi connectivity index (χ3v) is 1.65. The predicted molar refractivity (Wildman–Crippen MR) is 46.5 cm³/mol. The van der Waals surface area contributed by atoms with Crippen LogP contribution in [0.5, 0.6) is 0 Å². The van der Waals surface area contributed by atoms with Crippen molar-refractivity contribution in [3.63, 3.8) is 0 Å². The van der Waals surface area contributed by atoms with Crippen LogP contribution < -0.4 is 0 Å². The molecule has 0 unspecified atom stereocenters. The number of carbonyl (C=O) groups excluding carboxylic acids is 1. The fourth-order valence-electron chi connectivity index (χ4n) is 0.921. The SMILES string of the molecule is O=C/C(=C\c1ccc(F)cc1)C(F)(F)F. The number of benzene rings is 1. The molecule has 80 valence electrons. The van der Waals surface area contributed by atoms with Gasteiger partial charge in [-0.25, -0.2) is 4.39 Å². The average molecular weight is 218 g/mol. The first-order valence-electron chi connectivity index (χ1n) is 3.93. The molecular weight excluding hydrogens is 212 g/mol. The van der Waals surface area contributed by atoms with E-state index in [4.69, 9.17) is 0 Å². The van der Waals surface area contributed by atoms with Gasteiger partial charge >= 0.3 is 6.18 Å². The summed E-state index contributed by atoms with van der Waals surface area (Å²) in [5, 5.41) is 0. The van der Waals surface area contributed by atoms with E-state index < -0.39 is 17.6 Å². The predicted octanol–water partition coefficient (Wildman–Crippen LogP) is 2.97. The van der Waals surface area contributed by atoms with Crippen molar-refractivity contribution in [3.8, 4) is 0 Å². The van der Waals surface area contributed by atoms with E-state index in [2.05, 4.69) is 0 Å². The molecule has 1 aromatic carbocycles. The lowest BCUT2D eigenvalue weighted by Crippen LogP contribution is -2.12. The molecule has 0 atom stereocenters. The molecule has 0 N–H and O–H groups in total. The zero-order valence-corrected chi connectivity index (χ0v) is 7.38. The highest BCUT2D eigenvalue weighted by Crippen LogP contribution is 2.25. The van der Waals surface area contributed by atoms with E-state index in [9.17, 15) is 22.4 Å². The summed E-state index contributed by atoms with van der Waals surface area (Å²) in [4.78, 5) is 10.2. The number of allylic oxidation sites excluding steroid dienone is 1. The van der Waals surface area contributed by atoms with Gasteiger partial charge in [-0.15, -0.1) is 0 Å². The Labute approximate surface area is 83.0 Å².